The Hall–Kier alpha value is -2.86. The molecule has 4 rings (SSSR count). The maximum atomic E-state index is 12.9. The summed E-state index contributed by atoms with van der Waals surface area (Å²) in [5.41, 5.74) is 2.38. The van der Waals surface area contributed by atoms with Crippen LogP contribution >= 0.6 is 0 Å². The van der Waals surface area contributed by atoms with E-state index in [1.54, 1.807) is 0 Å². The van der Waals surface area contributed by atoms with Crippen molar-refractivity contribution in [1.82, 2.24) is 20.4 Å². The molecule has 6 nitrogen and oxygen atoms in total. The first-order valence-corrected chi connectivity index (χ1v) is 10.8. The summed E-state index contributed by atoms with van der Waals surface area (Å²) >= 11 is 0. The molecule has 0 saturated carbocycles. The Labute approximate surface area is 178 Å². The van der Waals surface area contributed by atoms with E-state index in [1.165, 1.54) is 5.56 Å². The van der Waals surface area contributed by atoms with Gasteiger partial charge in [-0.25, -0.2) is 4.79 Å². The summed E-state index contributed by atoms with van der Waals surface area (Å²) in [6.45, 7) is 4.19. The van der Waals surface area contributed by atoms with Crippen LogP contribution in [0.25, 0.3) is 0 Å². The first-order valence-electron chi connectivity index (χ1n) is 10.8. The van der Waals surface area contributed by atoms with Crippen LogP contribution in [0.5, 0.6) is 0 Å². The zero-order valence-corrected chi connectivity index (χ0v) is 17.3. The van der Waals surface area contributed by atoms with Crippen molar-refractivity contribution in [3.63, 3.8) is 0 Å². The van der Waals surface area contributed by atoms with Crippen LogP contribution in [0.4, 0.5) is 4.79 Å². The fourth-order valence-corrected chi connectivity index (χ4v) is 4.38. The second kappa shape index (κ2) is 9.76. The molecule has 0 aromatic heterocycles. The monoisotopic (exact) mass is 406 g/mol. The van der Waals surface area contributed by atoms with Crippen LogP contribution in [0.3, 0.4) is 0 Å². The first kappa shape index (κ1) is 20.4. The highest BCUT2D eigenvalue weighted by Gasteiger charge is 2.31. The number of carbonyl (C=O) groups excluding carboxylic acids is 2. The van der Waals surface area contributed by atoms with E-state index in [1.807, 2.05) is 58.3 Å². The molecule has 0 aliphatic carbocycles. The third-order valence-corrected chi connectivity index (χ3v) is 5.98. The Morgan fingerprint density at radius 2 is 1.73 bits per heavy atom. The van der Waals surface area contributed by atoms with Crippen molar-refractivity contribution in [2.75, 3.05) is 32.7 Å². The Bertz CT molecular complexity index is 843. The molecule has 2 fully saturated rings. The lowest BCUT2D eigenvalue weighted by atomic mass is 10.0. The second-order valence-corrected chi connectivity index (χ2v) is 8.26. The molecule has 2 saturated heterocycles. The largest absolute Gasteiger partial charge is 0.338 e. The lowest BCUT2D eigenvalue weighted by Crippen LogP contribution is -2.57. The van der Waals surface area contributed by atoms with E-state index in [4.69, 9.17) is 0 Å². The number of piperazine rings is 1. The molecule has 158 valence electrons. The Balaban J connectivity index is 1.28. The summed E-state index contributed by atoms with van der Waals surface area (Å²) in [5, 5.41) is 6.49. The van der Waals surface area contributed by atoms with Gasteiger partial charge in [-0.2, -0.15) is 0 Å². The molecule has 0 radical (unpaired) electrons. The molecular formula is C24H30N4O2. The van der Waals surface area contributed by atoms with E-state index in [0.29, 0.717) is 32.6 Å². The van der Waals surface area contributed by atoms with Crippen LogP contribution in [0.2, 0.25) is 0 Å². The van der Waals surface area contributed by atoms with Crippen LogP contribution in [-0.4, -0.2) is 60.5 Å². The van der Waals surface area contributed by atoms with Gasteiger partial charge in [0.05, 0.1) is 0 Å². The summed E-state index contributed by atoms with van der Waals surface area (Å²) in [5.74, 6) is 0.336. The van der Waals surface area contributed by atoms with Crippen molar-refractivity contribution < 1.29 is 9.59 Å². The molecule has 0 spiro atoms. The van der Waals surface area contributed by atoms with E-state index >= 15 is 0 Å². The number of carbonyl (C=O) groups is 2. The van der Waals surface area contributed by atoms with Crippen molar-refractivity contribution in [3.8, 4) is 0 Å². The molecule has 6 heteroatoms. The lowest BCUT2D eigenvalue weighted by molar-refractivity contribution is -0.128. The molecule has 2 aromatic carbocycles. The molecular weight excluding hydrogens is 376 g/mol. The molecule has 2 unspecified atom stereocenters. The van der Waals surface area contributed by atoms with Gasteiger partial charge in [0.15, 0.2) is 0 Å². The van der Waals surface area contributed by atoms with Gasteiger partial charge in [-0.05, 0) is 17.5 Å². The molecule has 2 N–H and O–H groups in total. The topological polar surface area (TPSA) is 64.7 Å². The number of likely N-dealkylation sites (tertiary alicyclic amines) is 1. The summed E-state index contributed by atoms with van der Waals surface area (Å²) in [7, 11) is 0. The number of amides is 3. The smallest absolute Gasteiger partial charge is 0.317 e. The highest BCUT2D eigenvalue weighted by Crippen LogP contribution is 2.20. The molecule has 30 heavy (non-hydrogen) atoms. The standard InChI is InChI=1S/C24H30N4O2/c29-23-14-21(18-27(23)17-20-9-5-2-6-10-20)15-26-24(30)28-12-11-25-16-22(28)13-19-7-3-1-4-8-19/h1-10,21-22,25H,11-18H2,(H,26,30). The van der Waals surface area contributed by atoms with E-state index in [-0.39, 0.29) is 23.9 Å². The minimum absolute atomic E-state index is 0.0219. The summed E-state index contributed by atoms with van der Waals surface area (Å²) < 4.78 is 0. The lowest BCUT2D eigenvalue weighted by Gasteiger charge is -2.36. The van der Waals surface area contributed by atoms with Crippen LogP contribution in [0.15, 0.2) is 60.7 Å². The molecule has 0 bridgehead atoms. The number of nitrogens with one attached hydrogen (secondary N) is 2. The average Bonchev–Trinajstić information content (AvgIpc) is 3.13. The summed E-state index contributed by atoms with van der Waals surface area (Å²) in [6.07, 6.45) is 1.34. The molecule has 3 amide bonds. The number of rotatable bonds is 6. The number of hydrogen-bond acceptors (Lipinski definition) is 3. The Morgan fingerprint density at radius 3 is 2.47 bits per heavy atom. The third-order valence-electron chi connectivity index (χ3n) is 5.98. The van der Waals surface area contributed by atoms with Gasteiger partial charge >= 0.3 is 6.03 Å². The van der Waals surface area contributed by atoms with Crippen LogP contribution in [0, 0.1) is 5.92 Å². The minimum atomic E-state index is -0.0219. The van der Waals surface area contributed by atoms with Crippen LogP contribution < -0.4 is 10.6 Å². The Morgan fingerprint density at radius 1 is 1.03 bits per heavy atom. The van der Waals surface area contributed by atoms with Crippen molar-refractivity contribution in [2.45, 2.75) is 25.4 Å². The fraction of sp³-hybridized carbons (Fsp3) is 0.417. The highest BCUT2D eigenvalue weighted by molar-refractivity contribution is 5.79. The van der Waals surface area contributed by atoms with Crippen molar-refractivity contribution >= 4 is 11.9 Å². The quantitative estimate of drug-likeness (QED) is 0.774. The van der Waals surface area contributed by atoms with Gasteiger partial charge in [0.2, 0.25) is 5.91 Å². The van der Waals surface area contributed by atoms with Crippen molar-refractivity contribution in [2.24, 2.45) is 5.92 Å². The van der Waals surface area contributed by atoms with Gasteiger partial charge in [0.1, 0.15) is 0 Å². The Kier molecular flexibility index (Phi) is 6.64. The summed E-state index contributed by atoms with van der Waals surface area (Å²) in [4.78, 5) is 29.1. The predicted molar refractivity (Wildman–Crippen MR) is 117 cm³/mol. The van der Waals surface area contributed by atoms with Crippen LogP contribution in [0.1, 0.15) is 17.5 Å². The normalized spacial score (nSPS) is 21.7. The van der Waals surface area contributed by atoms with Gasteiger partial charge in [0, 0.05) is 57.6 Å². The molecule has 2 atom stereocenters. The average molecular weight is 407 g/mol. The van der Waals surface area contributed by atoms with E-state index in [2.05, 4.69) is 22.8 Å². The van der Waals surface area contributed by atoms with Gasteiger partial charge < -0.3 is 20.4 Å². The molecule has 2 aromatic rings. The van der Waals surface area contributed by atoms with Gasteiger partial charge in [-0.3, -0.25) is 4.79 Å². The van der Waals surface area contributed by atoms with Gasteiger partial charge in [0.25, 0.3) is 0 Å². The number of hydrogen-bond donors (Lipinski definition) is 2. The SMILES string of the molecule is O=C1CC(CNC(=O)N2CCNCC2Cc2ccccc2)CN1Cc1ccccc1. The molecule has 2 heterocycles. The number of nitrogens with zero attached hydrogens (tertiary/aromatic N) is 2. The van der Waals surface area contributed by atoms with Gasteiger partial charge in [-0.1, -0.05) is 60.7 Å². The van der Waals surface area contributed by atoms with Crippen molar-refractivity contribution in [1.29, 1.82) is 0 Å². The zero-order chi connectivity index (χ0) is 20.8. The maximum Gasteiger partial charge on any atom is 0.317 e. The van der Waals surface area contributed by atoms with E-state index in [9.17, 15) is 9.59 Å². The summed E-state index contributed by atoms with van der Waals surface area (Å²) in [6, 6.07) is 20.5. The van der Waals surface area contributed by atoms with Crippen LogP contribution in [-0.2, 0) is 17.8 Å². The number of urea groups is 1. The second-order valence-electron chi connectivity index (χ2n) is 8.26. The maximum absolute atomic E-state index is 12.9. The molecule has 2 aliphatic heterocycles. The minimum Gasteiger partial charge on any atom is -0.338 e. The van der Waals surface area contributed by atoms with Crippen molar-refractivity contribution in [3.05, 3.63) is 71.8 Å². The van der Waals surface area contributed by atoms with E-state index in [0.717, 1.165) is 25.1 Å². The predicted octanol–water partition coefficient (Wildman–Crippen LogP) is 2.26. The fourth-order valence-electron chi connectivity index (χ4n) is 4.38. The molecule has 2 aliphatic rings. The van der Waals surface area contributed by atoms with Gasteiger partial charge in [-0.15, -0.1) is 0 Å². The highest BCUT2D eigenvalue weighted by atomic mass is 16.2. The number of benzene rings is 2. The first-order chi connectivity index (χ1) is 14.7. The third kappa shape index (κ3) is 5.19. The zero-order valence-electron chi connectivity index (χ0n) is 17.3. The van der Waals surface area contributed by atoms with E-state index < -0.39 is 0 Å².